The number of carbonyl (C=O) groups is 1. The van der Waals surface area contributed by atoms with Crippen LogP contribution >= 0.6 is 0 Å². The molecule has 0 amide bonds. The van der Waals surface area contributed by atoms with Gasteiger partial charge in [0, 0.05) is 16.6 Å². The highest BCUT2D eigenvalue weighted by Gasteiger charge is 2.54. The summed E-state index contributed by atoms with van der Waals surface area (Å²) in [5.74, 6) is 1.10. The summed E-state index contributed by atoms with van der Waals surface area (Å²) >= 11 is 0. The number of methoxy groups -OCH3 is 2. The summed E-state index contributed by atoms with van der Waals surface area (Å²) in [7, 11) is 3.15. The van der Waals surface area contributed by atoms with E-state index >= 15 is 0 Å². The van der Waals surface area contributed by atoms with Crippen molar-refractivity contribution in [2.24, 2.45) is 0 Å². The minimum atomic E-state index is -0.950. The second kappa shape index (κ2) is 6.33. The molecular formula is C27H21NO4. The fraction of sp³-hybridized carbons (Fsp3) is 0.185. The van der Waals surface area contributed by atoms with Crippen molar-refractivity contribution in [3.05, 3.63) is 99.0 Å². The van der Waals surface area contributed by atoms with Gasteiger partial charge in [0.2, 0.25) is 0 Å². The smallest absolute Gasteiger partial charge is 0.263 e. The Kier molecular flexibility index (Phi) is 3.73. The third kappa shape index (κ3) is 2.18. The number of aryl methyl sites for hydroxylation is 1. The highest BCUT2D eigenvalue weighted by molar-refractivity contribution is 6.12. The summed E-state index contributed by atoms with van der Waals surface area (Å²) in [6.45, 7) is 1.98. The van der Waals surface area contributed by atoms with Crippen molar-refractivity contribution in [1.82, 2.24) is 4.57 Å². The fourth-order valence-corrected chi connectivity index (χ4v) is 5.44. The number of fused-ring (bicyclic) bond motifs is 7. The van der Waals surface area contributed by atoms with E-state index in [0.717, 1.165) is 33.5 Å². The lowest BCUT2D eigenvalue weighted by Crippen LogP contribution is -2.34. The van der Waals surface area contributed by atoms with Gasteiger partial charge >= 0.3 is 0 Å². The average Bonchev–Trinajstić information content (AvgIpc) is 3.26. The molecule has 0 bridgehead atoms. The van der Waals surface area contributed by atoms with Gasteiger partial charge in [-0.15, -0.1) is 0 Å². The molecule has 1 aliphatic heterocycles. The van der Waals surface area contributed by atoms with Gasteiger partial charge < -0.3 is 9.47 Å². The minimum Gasteiger partial charge on any atom is -0.493 e. The van der Waals surface area contributed by atoms with Crippen molar-refractivity contribution in [3.63, 3.8) is 0 Å². The molecule has 0 saturated carbocycles. The third-order valence-corrected chi connectivity index (χ3v) is 6.91. The van der Waals surface area contributed by atoms with E-state index in [9.17, 15) is 9.59 Å². The zero-order valence-corrected chi connectivity index (χ0v) is 18.1. The molecule has 4 aromatic rings. The summed E-state index contributed by atoms with van der Waals surface area (Å²) in [6.07, 6.45) is 0.468. The number of carbonyl (C=O) groups excluding carboxylic acids is 1. The first kappa shape index (κ1) is 18.9. The van der Waals surface area contributed by atoms with E-state index < -0.39 is 5.41 Å². The Hall–Kier alpha value is -3.86. The SMILES string of the molecule is COc1cc2c(cc1OC)C(=O)C1(C2)c2ccccc2-n2c1cc1ccc(C)cc1c2=O. The molecule has 32 heavy (non-hydrogen) atoms. The molecule has 1 spiro atoms. The molecule has 1 aliphatic carbocycles. The fourth-order valence-electron chi connectivity index (χ4n) is 5.44. The Bertz CT molecular complexity index is 1530. The van der Waals surface area contributed by atoms with Crippen molar-refractivity contribution in [1.29, 1.82) is 0 Å². The Morgan fingerprint density at radius 1 is 0.906 bits per heavy atom. The molecule has 1 aromatic heterocycles. The maximum Gasteiger partial charge on any atom is 0.263 e. The van der Waals surface area contributed by atoms with Gasteiger partial charge in [0.25, 0.3) is 5.56 Å². The van der Waals surface area contributed by atoms with Gasteiger partial charge in [0.05, 0.1) is 19.9 Å². The first-order valence-electron chi connectivity index (χ1n) is 10.6. The largest absolute Gasteiger partial charge is 0.493 e. The zero-order valence-electron chi connectivity index (χ0n) is 18.1. The number of ether oxygens (including phenoxy) is 2. The Morgan fingerprint density at radius 2 is 1.66 bits per heavy atom. The molecule has 5 nitrogen and oxygen atoms in total. The van der Waals surface area contributed by atoms with Gasteiger partial charge in [0.15, 0.2) is 17.3 Å². The monoisotopic (exact) mass is 423 g/mol. The van der Waals surface area contributed by atoms with Crippen LogP contribution in [0, 0.1) is 6.92 Å². The minimum absolute atomic E-state index is 0.0157. The van der Waals surface area contributed by atoms with Crippen LogP contribution in [-0.4, -0.2) is 24.6 Å². The summed E-state index contributed by atoms with van der Waals surface area (Å²) in [5.41, 5.74) is 3.85. The number of Topliss-reactive ketones (excluding diaryl/α,β-unsaturated/α-hetero) is 1. The van der Waals surface area contributed by atoms with E-state index in [1.807, 2.05) is 61.5 Å². The molecule has 2 heterocycles. The van der Waals surface area contributed by atoms with Crippen molar-refractivity contribution >= 4 is 16.6 Å². The number of hydrogen-bond donors (Lipinski definition) is 0. The molecule has 0 radical (unpaired) electrons. The van der Waals surface area contributed by atoms with Crippen molar-refractivity contribution < 1.29 is 14.3 Å². The lowest BCUT2D eigenvalue weighted by Gasteiger charge is -2.23. The van der Waals surface area contributed by atoms with E-state index in [-0.39, 0.29) is 11.3 Å². The second-order valence-electron chi connectivity index (χ2n) is 8.55. The lowest BCUT2D eigenvalue weighted by atomic mass is 9.75. The number of rotatable bonds is 2. The van der Waals surface area contributed by atoms with E-state index in [1.54, 1.807) is 24.9 Å². The van der Waals surface area contributed by atoms with Crippen molar-refractivity contribution in [2.75, 3.05) is 14.2 Å². The maximum absolute atomic E-state index is 14.1. The van der Waals surface area contributed by atoms with Crippen LogP contribution in [0.3, 0.4) is 0 Å². The molecule has 5 heteroatoms. The average molecular weight is 423 g/mol. The molecule has 2 aliphatic rings. The molecular weight excluding hydrogens is 402 g/mol. The molecule has 158 valence electrons. The van der Waals surface area contributed by atoms with Crippen LogP contribution in [0.15, 0.2) is 65.5 Å². The van der Waals surface area contributed by atoms with Crippen LogP contribution in [0.4, 0.5) is 0 Å². The topological polar surface area (TPSA) is 57.5 Å². The second-order valence-corrected chi connectivity index (χ2v) is 8.55. The van der Waals surface area contributed by atoms with Gasteiger partial charge in [0.1, 0.15) is 5.41 Å². The Morgan fingerprint density at radius 3 is 2.44 bits per heavy atom. The van der Waals surface area contributed by atoms with Crippen LogP contribution in [-0.2, 0) is 11.8 Å². The van der Waals surface area contributed by atoms with E-state index in [1.165, 1.54) is 0 Å². The summed E-state index contributed by atoms with van der Waals surface area (Å²) in [4.78, 5) is 27.8. The first-order valence-corrected chi connectivity index (χ1v) is 10.6. The molecule has 6 rings (SSSR count). The van der Waals surface area contributed by atoms with Gasteiger partial charge in [-0.1, -0.05) is 35.9 Å². The lowest BCUT2D eigenvalue weighted by molar-refractivity contribution is 0.0930. The molecule has 1 unspecified atom stereocenters. The van der Waals surface area contributed by atoms with Gasteiger partial charge in [-0.05, 0) is 60.2 Å². The van der Waals surface area contributed by atoms with Crippen LogP contribution in [0.25, 0.3) is 16.5 Å². The normalized spacial score (nSPS) is 18.0. The van der Waals surface area contributed by atoms with Crippen LogP contribution in [0.5, 0.6) is 11.5 Å². The predicted molar refractivity (Wildman–Crippen MR) is 123 cm³/mol. The van der Waals surface area contributed by atoms with Crippen LogP contribution in [0.1, 0.15) is 32.7 Å². The quantitative estimate of drug-likeness (QED) is 0.481. The zero-order chi connectivity index (χ0) is 22.2. The van der Waals surface area contributed by atoms with E-state index in [4.69, 9.17) is 9.47 Å². The number of nitrogens with zero attached hydrogens (tertiary/aromatic N) is 1. The van der Waals surface area contributed by atoms with E-state index in [2.05, 4.69) is 0 Å². The number of hydrogen-bond acceptors (Lipinski definition) is 4. The highest BCUT2D eigenvalue weighted by Crippen LogP contribution is 2.52. The molecule has 0 fully saturated rings. The Labute approximate surface area is 184 Å². The van der Waals surface area contributed by atoms with Crippen LogP contribution in [0.2, 0.25) is 0 Å². The van der Waals surface area contributed by atoms with Crippen LogP contribution < -0.4 is 15.0 Å². The Balaban J connectivity index is 1.70. The number of para-hydroxylation sites is 1. The van der Waals surface area contributed by atoms with Crippen molar-refractivity contribution in [2.45, 2.75) is 18.8 Å². The van der Waals surface area contributed by atoms with Gasteiger partial charge in [-0.25, -0.2) is 0 Å². The third-order valence-electron chi connectivity index (χ3n) is 6.91. The number of pyridine rings is 1. The molecule has 1 atom stereocenters. The maximum atomic E-state index is 14.1. The van der Waals surface area contributed by atoms with Gasteiger partial charge in [-0.3, -0.25) is 14.2 Å². The first-order chi connectivity index (χ1) is 15.5. The molecule has 0 N–H and O–H groups in total. The van der Waals surface area contributed by atoms with Gasteiger partial charge in [-0.2, -0.15) is 0 Å². The molecule has 3 aromatic carbocycles. The number of ketones is 1. The summed E-state index contributed by atoms with van der Waals surface area (Å²) < 4.78 is 12.7. The number of benzene rings is 3. The highest BCUT2D eigenvalue weighted by atomic mass is 16.5. The molecule has 0 saturated heterocycles. The van der Waals surface area contributed by atoms with E-state index in [0.29, 0.717) is 28.9 Å². The standard InChI is InChI=1S/C27H21NO4/c1-15-8-9-16-12-24-27(14-17-11-22(31-2)23(32-3)13-18(17)25(27)29)20-6-4-5-7-21(20)28(24)26(30)19(16)10-15/h4-13H,14H2,1-3H3. The summed E-state index contributed by atoms with van der Waals surface area (Å²) in [6, 6.07) is 19.3. The van der Waals surface area contributed by atoms with Crippen molar-refractivity contribution in [3.8, 4) is 17.2 Å². The number of aromatic nitrogens is 1. The summed E-state index contributed by atoms with van der Waals surface area (Å²) in [5, 5.41) is 1.50. The predicted octanol–water partition coefficient (Wildman–Crippen LogP) is 4.35.